The van der Waals surface area contributed by atoms with Crippen molar-refractivity contribution in [1.29, 1.82) is 0 Å². The number of hydrogen-bond donors (Lipinski definition) is 0. The first-order chi connectivity index (χ1) is 11.4. The topological polar surface area (TPSA) is 54.3 Å². The largest absolute Gasteiger partial charge is 0.370 e. The van der Waals surface area contributed by atoms with Gasteiger partial charge in [0.2, 0.25) is 5.91 Å². The van der Waals surface area contributed by atoms with E-state index in [0.29, 0.717) is 16.8 Å². The molecule has 1 heterocycles. The number of ether oxygens (including phenoxy) is 1. The maximum absolute atomic E-state index is 12.4. The second-order valence-electron chi connectivity index (χ2n) is 6.27. The van der Waals surface area contributed by atoms with Crippen molar-refractivity contribution in [2.75, 3.05) is 10.7 Å². The number of rotatable bonds is 6. The molecule has 24 heavy (non-hydrogen) atoms. The van der Waals surface area contributed by atoms with Crippen molar-refractivity contribution in [2.24, 2.45) is 10.2 Å². The Balaban J connectivity index is 2.24. The van der Waals surface area contributed by atoms with E-state index in [0.717, 1.165) is 11.3 Å². The normalized spacial score (nSPS) is 18.5. The van der Waals surface area contributed by atoms with Gasteiger partial charge in [0.05, 0.1) is 29.9 Å². The number of carbonyl (C=O) groups excluding carboxylic acids is 1. The predicted octanol–water partition coefficient (Wildman–Crippen LogP) is 4.05. The molecule has 0 N–H and O–H groups in total. The minimum atomic E-state index is -0.118. The van der Waals surface area contributed by atoms with E-state index in [1.807, 2.05) is 39.0 Å². The van der Waals surface area contributed by atoms with E-state index in [2.05, 4.69) is 30.1 Å². The van der Waals surface area contributed by atoms with Gasteiger partial charge >= 0.3 is 0 Å². The Labute approximate surface area is 148 Å². The van der Waals surface area contributed by atoms with Crippen LogP contribution in [0.1, 0.15) is 46.1 Å². The molecule has 1 amide bonds. The summed E-state index contributed by atoms with van der Waals surface area (Å²) in [5.41, 5.74) is 2.02. The fourth-order valence-corrected chi connectivity index (χ4v) is 3.31. The molecule has 0 spiro atoms. The van der Waals surface area contributed by atoms with E-state index in [4.69, 9.17) is 4.74 Å². The fourth-order valence-electron chi connectivity index (χ4n) is 2.49. The van der Waals surface area contributed by atoms with Crippen molar-refractivity contribution in [3.8, 4) is 0 Å². The van der Waals surface area contributed by atoms with Crippen molar-refractivity contribution >= 4 is 34.7 Å². The molecule has 0 saturated carbocycles. The van der Waals surface area contributed by atoms with Gasteiger partial charge in [0.15, 0.2) is 5.17 Å². The molecule has 0 radical (unpaired) electrons. The molecular formula is C18H25N3O2S. The van der Waals surface area contributed by atoms with Gasteiger partial charge in [-0.05, 0) is 38.3 Å². The molecule has 130 valence electrons. The number of amidine groups is 1. The molecule has 1 unspecified atom stereocenters. The SMILES string of the molecule is CC(C)OC(C)/C=N/N=C1\SCC(=O)N1c1ccccc1C(C)C. The van der Waals surface area contributed by atoms with Crippen LogP contribution in [0.25, 0.3) is 0 Å². The van der Waals surface area contributed by atoms with Gasteiger partial charge < -0.3 is 4.74 Å². The van der Waals surface area contributed by atoms with Gasteiger partial charge in [0.1, 0.15) is 0 Å². The average Bonchev–Trinajstić information content (AvgIpc) is 2.87. The number of para-hydroxylation sites is 1. The lowest BCUT2D eigenvalue weighted by Gasteiger charge is -2.21. The first kappa shape index (κ1) is 18.7. The summed E-state index contributed by atoms with van der Waals surface area (Å²) in [6, 6.07) is 7.95. The summed E-state index contributed by atoms with van der Waals surface area (Å²) in [5, 5.41) is 8.98. The van der Waals surface area contributed by atoms with E-state index in [1.165, 1.54) is 11.8 Å². The first-order valence-corrected chi connectivity index (χ1v) is 9.20. The monoisotopic (exact) mass is 347 g/mol. The number of amides is 1. The lowest BCUT2D eigenvalue weighted by atomic mass is 10.0. The highest BCUT2D eigenvalue weighted by Crippen LogP contribution is 2.33. The zero-order valence-electron chi connectivity index (χ0n) is 14.9. The molecule has 1 fully saturated rings. The average molecular weight is 347 g/mol. The van der Waals surface area contributed by atoms with Crippen LogP contribution in [-0.2, 0) is 9.53 Å². The van der Waals surface area contributed by atoms with Crippen molar-refractivity contribution in [2.45, 2.75) is 52.7 Å². The third-order valence-corrected chi connectivity index (χ3v) is 4.39. The first-order valence-electron chi connectivity index (χ1n) is 8.21. The van der Waals surface area contributed by atoms with E-state index in [9.17, 15) is 4.79 Å². The summed E-state index contributed by atoms with van der Waals surface area (Å²) in [5.74, 6) is 0.746. The number of carbonyl (C=O) groups is 1. The molecule has 0 bridgehead atoms. The standard InChI is InChI=1S/C18H25N3O2S/c1-12(2)15-8-6-7-9-16(15)21-17(22)11-24-18(21)20-19-10-14(5)23-13(3)4/h6-10,12-14H,11H2,1-5H3/b19-10+,20-18-. The van der Waals surface area contributed by atoms with Crippen LogP contribution in [0.5, 0.6) is 0 Å². The van der Waals surface area contributed by atoms with Gasteiger partial charge in [-0.2, -0.15) is 5.10 Å². The molecule has 0 aromatic heterocycles. The highest BCUT2D eigenvalue weighted by molar-refractivity contribution is 8.15. The summed E-state index contributed by atoms with van der Waals surface area (Å²) < 4.78 is 5.59. The minimum Gasteiger partial charge on any atom is -0.370 e. The molecule has 5 nitrogen and oxygen atoms in total. The van der Waals surface area contributed by atoms with Crippen LogP contribution in [0, 0.1) is 0 Å². The van der Waals surface area contributed by atoms with Crippen LogP contribution < -0.4 is 4.90 Å². The zero-order valence-corrected chi connectivity index (χ0v) is 15.7. The Morgan fingerprint density at radius 2 is 1.92 bits per heavy atom. The molecule has 1 aromatic carbocycles. The van der Waals surface area contributed by atoms with Crippen LogP contribution in [0.4, 0.5) is 5.69 Å². The fraction of sp³-hybridized carbons (Fsp3) is 0.500. The van der Waals surface area contributed by atoms with E-state index >= 15 is 0 Å². The summed E-state index contributed by atoms with van der Waals surface area (Å²) >= 11 is 1.41. The van der Waals surface area contributed by atoms with Gasteiger partial charge in [-0.1, -0.05) is 43.8 Å². The van der Waals surface area contributed by atoms with Crippen LogP contribution in [0.2, 0.25) is 0 Å². The number of thioether (sulfide) groups is 1. The molecule has 0 aliphatic carbocycles. The highest BCUT2D eigenvalue weighted by atomic mass is 32.2. The van der Waals surface area contributed by atoms with Crippen LogP contribution in [0.3, 0.4) is 0 Å². The summed E-state index contributed by atoms with van der Waals surface area (Å²) in [4.78, 5) is 14.0. The van der Waals surface area contributed by atoms with Gasteiger partial charge in [-0.3, -0.25) is 9.69 Å². The molecule has 1 aliphatic heterocycles. The number of nitrogens with zero attached hydrogens (tertiary/aromatic N) is 3. The lowest BCUT2D eigenvalue weighted by molar-refractivity contribution is -0.115. The Hall–Kier alpha value is -1.66. The molecule has 6 heteroatoms. The smallest absolute Gasteiger partial charge is 0.243 e. The van der Waals surface area contributed by atoms with Crippen LogP contribution >= 0.6 is 11.8 Å². The summed E-state index contributed by atoms with van der Waals surface area (Å²) in [7, 11) is 0. The van der Waals surface area contributed by atoms with Crippen molar-refractivity contribution in [1.82, 2.24) is 0 Å². The van der Waals surface area contributed by atoms with Gasteiger partial charge in [0.25, 0.3) is 0 Å². The molecule has 2 rings (SSSR count). The molecule has 1 saturated heterocycles. The van der Waals surface area contributed by atoms with Gasteiger partial charge in [-0.25, -0.2) is 0 Å². The van der Waals surface area contributed by atoms with Crippen molar-refractivity contribution < 1.29 is 9.53 Å². The molecule has 1 aromatic rings. The van der Waals surface area contributed by atoms with Crippen LogP contribution in [0.15, 0.2) is 34.5 Å². The Bertz CT molecular complexity index is 641. The Kier molecular flexibility index (Phi) is 6.57. The van der Waals surface area contributed by atoms with Crippen molar-refractivity contribution in [3.05, 3.63) is 29.8 Å². The predicted molar refractivity (Wildman–Crippen MR) is 102 cm³/mol. The quantitative estimate of drug-likeness (QED) is 0.576. The van der Waals surface area contributed by atoms with Crippen molar-refractivity contribution in [3.63, 3.8) is 0 Å². The zero-order chi connectivity index (χ0) is 17.7. The van der Waals surface area contributed by atoms with E-state index in [-0.39, 0.29) is 18.1 Å². The second kappa shape index (κ2) is 8.44. The minimum absolute atomic E-state index is 0.0357. The maximum Gasteiger partial charge on any atom is 0.243 e. The number of hydrogen-bond acceptors (Lipinski definition) is 5. The third-order valence-electron chi connectivity index (χ3n) is 3.47. The van der Waals surface area contributed by atoms with Gasteiger partial charge in [0, 0.05) is 0 Å². The highest BCUT2D eigenvalue weighted by Gasteiger charge is 2.31. The summed E-state index contributed by atoms with van der Waals surface area (Å²) in [6.07, 6.45) is 1.67. The van der Waals surface area contributed by atoms with Gasteiger partial charge in [-0.15, -0.1) is 5.10 Å². The molecular weight excluding hydrogens is 322 g/mol. The summed E-state index contributed by atoms with van der Waals surface area (Å²) in [6.45, 7) is 10.1. The lowest BCUT2D eigenvalue weighted by Crippen LogP contribution is -2.30. The molecule has 1 aliphatic rings. The second-order valence-corrected chi connectivity index (χ2v) is 7.21. The molecule has 1 atom stereocenters. The third kappa shape index (κ3) is 4.68. The van der Waals surface area contributed by atoms with E-state index in [1.54, 1.807) is 11.1 Å². The van der Waals surface area contributed by atoms with E-state index < -0.39 is 0 Å². The maximum atomic E-state index is 12.4. The number of benzene rings is 1. The Morgan fingerprint density at radius 1 is 1.21 bits per heavy atom. The Morgan fingerprint density at radius 3 is 2.58 bits per heavy atom. The van der Waals surface area contributed by atoms with Crippen LogP contribution in [-0.4, -0.2) is 35.3 Å². The number of anilines is 1.